The molecule has 128 valence electrons. The number of anilines is 1. The van der Waals surface area contributed by atoms with Crippen LogP contribution in [0, 0.1) is 0 Å². The van der Waals surface area contributed by atoms with Gasteiger partial charge in [-0.2, -0.15) is 0 Å². The second-order valence-electron chi connectivity index (χ2n) is 6.59. The van der Waals surface area contributed by atoms with E-state index in [-0.39, 0.29) is 5.78 Å². The molecule has 0 radical (unpaired) electrons. The summed E-state index contributed by atoms with van der Waals surface area (Å²) in [5, 5.41) is 5.62. The fourth-order valence-corrected chi connectivity index (χ4v) is 2.99. The highest BCUT2D eigenvalue weighted by molar-refractivity contribution is 6.00. The van der Waals surface area contributed by atoms with Gasteiger partial charge in [-0.1, -0.05) is 62.4 Å². The van der Waals surface area contributed by atoms with E-state index in [9.17, 15) is 4.79 Å². The van der Waals surface area contributed by atoms with Gasteiger partial charge in [-0.25, -0.2) is 0 Å². The molecule has 0 aliphatic carbocycles. The first-order valence-electron chi connectivity index (χ1n) is 9.03. The van der Waals surface area contributed by atoms with E-state index in [0.29, 0.717) is 18.9 Å². The van der Waals surface area contributed by atoms with Crippen LogP contribution in [-0.4, -0.2) is 12.3 Å². The van der Waals surface area contributed by atoms with Gasteiger partial charge in [-0.15, -0.1) is 0 Å². The first-order valence-corrected chi connectivity index (χ1v) is 9.03. The van der Waals surface area contributed by atoms with Gasteiger partial charge in [0.2, 0.25) is 0 Å². The maximum absolute atomic E-state index is 12.4. The molecular weight excluding hydrogens is 306 g/mol. The molecule has 0 spiro atoms. The molecule has 0 aliphatic rings. The molecule has 2 nitrogen and oxygen atoms in total. The molecule has 0 heterocycles. The molecule has 0 aliphatic heterocycles. The van der Waals surface area contributed by atoms with Crippen molar-refractivity contribution in [1.29, 1.82) is 0 Å². The minimum atomic E-state index is 0.175. The molecule has 2 heteroatoms. The molecule has 0 aromatic heterocycles. The molecule has 0 unspecified atom stereocenters. The van der Waals surface area contributed by atoms with Crippen molar-refractivity contribution in [3.05, 3.63) is 77.9 Å². The number of fused-ring (bicyclic) bond motifs is 1. The van der Waals surface area contributed by atoms with E-state index in [4.69, 9.17) is 0 Å². The Morgan fingerprint density at radius 2 is 1.68 bits per heavy atom. The topological polar surface area (TPSA) is 29.1 Å². The second kappa shape index (κ2) is 7.98. The normalized spacial score (nSPS) is 12.1. The van der Waals surface area contributed by atoms with E-state index < -0.39 is 0 Å². The predicted molar refractivity (Wildman–Crippen MR) is 107 cm³/mol. The zero-order valence-electron chi connectivity index (χ0n) is 15.0. The monoisotopic (exact) mass is 331 g/mol. The molecule has 0 saturated carbocycles. The predicted octanol–water partition coefficient (Wildman–Crippen LogP) is 6.04. The molecule has 0 fully saturated rings. The van der Waals surface area contributed by atoms with Crippen molar-refractivity contribution in [2.45, 2.75) is 32.6 Å². The summed E-state index contributed by atoms with van der Waals surface area (Å²) >= 11 is 0. The molecule has 0 amide bonds. The number of hydrogen-bond donors (Lipinski definition) is 1. The van der Waals surface area contributed by atoms with Gasteiger partial charge in [0, 0.05) is 24.2 Å². The van der Waals surface area contributed by atoms with Crippen molar-refractivity contribution in [2.75, 3.05) is 11.9 Å². The maximum atomic E-state index is 12.4. The van der Waals surface area contributed by atoms with Gasteiger partial charge in [0.25, 0.3) is 0 Å². The molecular formula is C23H25NO. The third-order valence-corrected chi connectivity index (χ3v) is 4.84. The van der Waals surface area contributed by atoms with Gasteiger partial charge in [0.05, 0.1) is 0 Å². The van der Waals surface area contributed by atoms with Gasteiger partial charge in [-0.3, -0.25) is 4.79 Å². The summed E-state index contributed by atoms with van der Waals surface area (Å²) in [7, 11) is 0. The van der Waals surface area contributed by atoms with E-state index in [2.05, 4.69) is 49.5 Å². The van der Waals surface area contributed by atoms with Gasteiger partial charge < -0.3 is 5.32 Å². The average Bonchev–Trinajstić information content (AvgIpc) is 2.67. The van der Waals surface area contributed by atoms with E-state index in [1.807, 2.05) is 36.4 Å². The number of nitrogens with one attached hydrogen (secondary N) is 1. The Labute approximate surface area is 149 Å². The van der Waals surface area contributed by atoms with Crippen LogP contribution in [0.1, 0.15) is 48.5 Å². The highest BCUT2D eigenvalue weighted by atomic mass is 16.1. The summed E-state index contributed by atoms with van der Waals surface area (Å²) < 4.78 is 0. The quantitative estimate of drug-likeness (QED) is 0.535. The molecule has 3 aromatic rings. The Morgan fingerprint density at radius 1 is 0.960 bits per heavy atom. The zero-order chi connectivity index (χ0) is 17.6. The Bertz CT molecular complexity index is 851. The van der Waals surface area contributed by atoms with Crippen LogP contribution in [0.3, 0.4) is 0 Å². The van der Waals surface area contributed by atoms with Crippen molar-refractivity contribution >= 4 is 22.2 Å². The van der Waals surface area contributed by atoms with E-state index >= 15 is 0 Å². The lowest BCUT2D eigenvalue weighted by molar-refractivity contribution is 0.0986. The Balaban J connectivity index is 1.56. The highest BCUT2D eigenvalue weighted by Crippen LogP contribution is 2.21. The summed E-state index contributed by atoms with van der Waals surface area (Å²) in [4.78, 5) is 12.4. The van der Waals surface area contributed by atoms with Crippen LogP contribution in [-0.2, 0) is 0 Å². The number of hydrogen-bond acceptors (Lipinski definition) is 2. The van der Waals surface area contributed by atoms with Crippen molar-refractivity contribution < 1.29 is 4.79 Å². The van der Waals surface area contributed by atoms with Gasteiger partial charge >= 0.3 is 0 Å². The second-order valence-corrected chi connectivity index (χ2v) is 6.59. The number of benzene rings is 3. The van der Waals surface area contributed by atoms with E-state index in [1.165, 1.54) is 10.9 Å². The Morgan fingerprint density at radius 3 is 2.40 bits per heavy atom. The number of carbonyl (C=O) groups excluding carboxylic acids is 1. The molecule has 1 N–H and O–H groups in total. The average molecular weight is 331 g/mol. The Kier molecular flexibility index (Phi) is 5.49. The largest absolute Gasteiger partial charge is 0.385 e. The van der Waals surface area contributed by atoms with Crippen LogP contribution in [0.25, 0.3) is 10.8 Å². The van der Waals surface area contributed by atoms with Gasteiger partial charge in [0.15, 0.2) is 5.78 Å². The molecule has 3 rings (SSSR count). The number of carbonyl (C=O) groups is 1. The van der Waals surface area contributed by atoms with Gasteiger partial charge in [0.1, 0.15) is 0 Å². The summed E-state index contributed by atoms with van der Waals surface area (Å²) in [6, 6.07) is 22.6. The molecule has 25 heavy (non-hydrogen) atoms. The molecule has 0 bridgehead atoms. The molecule has 0 saturated heterocycles. The van der Waals surface area contributed by atoms with E-state index in [0.717, 1.165) is 23.1 Å². The lowest BCUT2D eigenvalue weighted by atomic mass is 9.98. The van der Waals surface area contributed by atoms with Crippen LogP contribution < -0.4 is 5.32 Å². The minimum absolute atomic E-state index is 0.175. The van der Waals surface area contributed by atoms with Crippen molar-refractivity contribution in [3.8, 4) is 0 Å². The lowest BCUT2D eigenvalue weighted by Gasteiger charge is -2.11. The van der Waals surface area contributed by atoms with E-state index in [1.54, 1.807) is 0 Å². The zero-order valence-corrected chi connectivity index (χ0v) is 15.0. The van der Waals surface area contributed by atoms with Crippen molar-refractivity contribution in [3.63, 3.8) is 0 Å². The van der Waals surface area contributed by atoms with Crippen LogP contribution >= 0.6 is 0 Å². The summed E-state index contributed by atoms with van der Waals surface area (Å²) in [6.45, 7) is 5.09. The SMILES string of the molecule is CC[C@H](C)c1ccc(NCCC(=O)c2ccc3ccccc3c2)cc1. The minimum Gasteiger partial charge on any atom is -0.385 e. The van der Waals surface area contributed by atoms with Crippen molar-refractivity contribution in [1.82, 2.24) is 0 Å². The van der Waals surface area contributed by atoms with Crippen LogP contribution in [0.15, 0.2) is 66.7 Å². The third kappa shape index (κ3) is 4.27. The fourth-order valence-electron chi connectivity index (χ4n) is 2.99. The fraction of sp³-hybridized carbons (Fsp3) is 0.261. The smallest absolute Gasteiger partial charge is 0.164 e. The lowest BCUT2D eigenvalue weighted by Crippen LogP contribution is -2.09. The van der Waals surface area contributed by atoms with Crippen LogP contribution in [0.4, 0.5) is 5.69 Å². The Hall–Kier alpha value is -2.61. The third-order valence-electron chi connectivity index (χ3n) is 4.84. The standard InChI is InChI=1S/C23H25NO/c1-3-17(2)18-10-12-22(13-11-18)24-15-14-23(25)21-9-8-19-6-4-5-7-20(19)16-21/h4-13,16-17,24H,3,14-15H2,1-2H3/t17-/m0/s1. The summed E-state index contributed by atoms with van der Waals surface area (Å²) in [6.07, 6.45) is 1.64. The van der Waals surface area contributed by atoms with Gasteiger partial charge in [-0.05, 0) is 46.9 Å². The highest BCUT2D eigenvalue weighted by Gasteiger charge is 2.07. The first-order chi connectivity index (χ1) is 12.2. The van der Waals surface area contributed by atoms with Crippen LogP contribution in [0.5, 0.6) is 0 Å². The molecule has 1 atom stereocenters. The summed E-state index contributed by atoms with van der Waals surface area (Å²) in [5.74, 6) is 0.762. The first kappa shape index (κ1) is 17.2. The number of rotatable bonds is 7. The number of Topliss-reactive ketones (excluding diaryl/α,β-unsaturated/α-hetero) is 1. The maximum Gasteiger partial charge on any atom is 0.164 e. The molecule has 3 aromatic carbocycles. The summed E-state index contributed by atoms with van der Waals surface area (Å²) in [5.41, 5.74) is 3.21. The number of ketones is 1. The van der Waals surface area contributed by atoms with Crippen LogP contribution in [0.2, 0.25) is 0 Å². The van der Waals surface area contributed by atoms with Crippen molar-refractivity contribution in [2.24, 2.45) is 0 Å².